The van der Waals surface area contributed by atoms with Gasteiger partial charge in [-0.2, -0.15) is 5.26 Å². The molecule has 26 heavy (non-hydrogen) atoms. The van der Waals surface area contributed by atoms with E-state index in [1.165, 1.54) is 0 Å². The second kappa shape index (κ2) is 7.83. The maximum absolute atomic E-state index is 10.00. The number of nitrogens with zero attached hydrogens (tertiary/aromatic N) is 1. The molecule has 0 saturated carbocycles. The zero-order valence-electron chi connectivity index (χ0n) is 13.8. The van der Waals surface area contributed by atoms with Gasteiger partial charge in [-0.3, -0.25) is 0 Å². The first kappa shape index (κ1) is 18.3. The van der Waals surface area contributed by atoms with Crippen LogP contribution in [0, 0.1) is 11.3 Å². The zero-order chi connectivity index (χ0) is 18.7. The summed E-state index contributed by atoms with van der Waals surface area (Å²) in [5.41, 5.74) is 2.43. The fraction of sp³-hybridized carbons (Fsp3) is 0.316. The first-order valence-electron chi connectivity index (χ1n) is 8.11. The molecule has 136 valence electrons. The van der Waals surface area contributed by atoms with Crippen LogP contribution in [0.25, 0.3) is 11.1 Å². The minimum Gasteiger partial charge on any atom is -0.462 e. The number of hydrogen-bond acceptors (Lipinski definition) is 7. The van der Waals surface area contributed by atoms with Crippen molar-refractivity contribution in [2.24, 2.45) is 0 Å². The predicted octanol–water partition coefficient (Wildman–Crippen LogP) is 0.404. The summed E-state index contributed by atoms with van der Waals surface area (Å²) in [6, 6.07) is 16.2. The highest BCUT2D eigenvalue weighted by Crippen LogP contribution is 2.27. The van der Waals surface area contributed by atoms with Crippen LogP contribution in [-0.4, -0.2) is 57.7 Å². The van der Waals surface area contributed by atoms with Crippen LogP contribution in [0.4, 0.5) is 0 Å². The number of benzene rings is 2. The van der Waals surface area contributed by atoms with Crippen molar-refractivity contribution < 1.29 is 29.9 Å². The number of ether oxygens (including phenoxy) is 2. The molecule has 7 nitrogen and oxygen atoms in total. The fourth-order valence-corrected chi connectivity index (χ4v) is 2.76. The van der Waals surface area contributed by atoms with Crippen molar-refractivity contribution in [2.45, 2.75) is 30.7 Å². The van der Waals surface area contributed by atoms with E-state index in [1.807, 2.05) is 12.1 Å². The quantitative estimate of drug-likeness (QED) is 0.625. The Labute approximate surface area is 150 Å². The van der Waals surface area contributed by atoms with Crippen molar-refractivity contribution in [3.05, 3.63) is 54.1 Å². The number of hydrogen-bond donors (Lipinski definition) is 4. The van der Waals surface area contributed by atoms with Crippen molar-refractivity contribution in [1.82, 2.24) is 0 Å². The van der Waals surface area contributed by atoms with Gasteiger partial charge >= 0.3 is 0 Å². The van der Waals surface area contributed by atoms with Crippen molar-refractivity contribution in [1.29, 1.82) is 5.26 Å². The lowest BCUT2D eigenvalue weighted by atomic mass is 9.99. The largest absolute Gasteiger partial charge is 0.462 e. The van der Waals surface area contributed by atoms with Gasteiger partial charge in [0.15, 0.2) is 0 Å². The van der Waals surface area contributed by atoms with Gasteiger partial charge in [-0.05, 0) is 35.4 Å². The van der Waals surface area contributed by atoms with Gasteiger partial charge in [0.25, 0.3) is 0 Å². The molecule has 1 aliphatic heterocycles. The van der Waals surface area contributed by atoms with Gasteiger partial charge in [-0.15, -0.1) is 0 Å². The first-order chi connectivity index (χ1) is 12.5. The Hall–Kier alpha value is -2.47. The lowest BCUT2D eigenvalue weighted by Gasteiger charge is -2.39. The minimum absolute atomic E-state index is 0.395. The van der Waals surface area contributed by atoms with Crippen LogP contribution in [0.3, 0.4) is 0 Å². The molecule has 0 aliphatic carbocycles. The van der Waals surface area contributed by atoms with Crippen LogP contribution < -0.4 is 4.74 Å². The van der Waals surface area contributed by atoms with E-state index < -0.39 is 37.3 Å². The average Bonchev–Trinajstić information content (AvgIpc) is 2.69. The molecule has 0 unspecified atom stereocenters. The van der Waals surface area contributed by atoms with E-state index in [0.717, 1.165) is 11.1 Å². The first-order valence-corrected chi connectivity index (χ1v) is 8.11. The molecule has 1 fully saturated rings. The second-order valence-electron chi connectivity index (χ2n) is 6.03. The molecule has 1 saturated heterocycles. The summed E-state index contributed by atoms with van der Waals surface area (Å²) in [5, 5.41) is 47.6. The van der Waals surface area contributed by atoms with Crippen molar-refractivity contribution in [3.8, 4) is 22.9 Å². The van der Waals surface area contributed by atoms with Crippen molar-refractivity contribution >= 4 is 0 Å². The van der Waals surface area contributed by atoms with E-state index in [0.29, 0.717) is 11.3 Å². The number of rotatable bonds is 4. The van der Waals surface area contributed by atoms with E-state index in [1.54, 1.807) is 36.4 Å². The SMILES string of the molecule is N#Cc1ccc(-c2ccc(O[C@H]3O[C@H](CO)[C@@H](O)[C@H](O)[C@@H]3O)cc2)cc1. The Morgan fingerprint density at radius 2 is 1.46 bits per heavy atom. The Bertz CT molecular complexity index is 768. The Morgan fingerprint density at radius 3 is 2.00 bits per heavy atom. The Balaban J connectivity index is 1.71. The summed E-state index contributed by atoms with van der Waals surface area (Å²) in [5.74, 6) is 0.395. The van der Waals surface area contributed by atoms with Crippen LogP contribution in [-0.2, 0) is 4.74 Å². The molecule has 0 radical (unpaired) electrons. The van der Waals surface area contributed by atoms with Gasteiger partial charge in [-0.25, -0.2) is 0 Å². The topological polar surface area (TPSA) is 123 Å². The van der Waals surface area contributed by atoms with Crippen LogP contribution >= 0.6 is 0 Å². The Morgan fingerprint density at radius 1 is 0.885 bits per heavy atom. The number of aliphatic hydroxyl groups is 4. The van der Waals surface area contributed by atoms with Gasteiger partial charge in [-0.1, -0.05) is 24.3 Å². The lowest BCUT2D eigenvalue weighted by molar-refractivity contribution is -0.277. The number of nitriles is 1. The molecule has 1 aliphatic rings. The summed E-state index contributed by atoms with van der Waals surface area (Å²) < 4.78 is 10.9. The highest BCUT2D eigenvalue weighted by molar-refractivity contribution is 5.64. The molecule has 2 aromatic carbocycles. The van der Waals surface area contributed by atoms with E-state index in [-0.39, 0.29) is 0 Å². The van der Waals surface area contributed by atoms with Crippen LogP contribution in [0.15, 0.2) is 48.5 Å². The highest BCUT2D eigenvalue weighted by Gasteiger charge is 2.44. The normalized spacial score (nSPS) is 28.3. The molecule has 7 heteroatoms. The van der Waals surface area contributed by atoms with Gasteiger partial charge < -0.3 is 29.9 Å². The number of aliphatic hydroxyl groups excluding tert-OH is 4. The summed E-state index contributed by atoms with van der Waals surface area (Å²) in [4.78, 5) is 0. The molecule has 4 N–H and O–H groups in total. The van der Waals surface area contributed by atoms with Crippen molar-refractivity contribution in [2.75, 3.05) is 6.61 Å². The molecule has 0 aromatic heterocycles. The molecule has 0 amide bonds. The fourth-order valence-electron chi connectivity index (χ4n) is 2.76. The van der Waals surface area contributed by atoms with Crippen LogP contribution in [0.5, 0.6) is 5.75 Å². The maximum atomic E-state index is 10.00. The molecule has 5 atom stereocenters. The third-order valence-electron chi connectivity index (χ3n) is 4.30. The molecule has 0 spiro atoms. The molecular formula is C19H19NO6. The zero-order valence-corrected chi connectivity index (χ0v) is 13.8. The molecule has 0 bridgehead atoms. The standard InChI is InChI=1S/C19H19NO6/c20-9-11-1-3-12(4-2-11)13-5-7-14(8-6-13)25-19-18(24)17(23)16(22)15(10-21)26-19/h1-8,15-19,21-24H,10H2/t15-,16-,17+,18+,19+/m1/s1. The monoisotopic (exact) mass is 357 g/mol. The van der Waals surface area contributed by atoms with Crippen LogP contribution in [0.2, 0.25) is 0 Å². The van der Waals surface area contributed by atoms with Gasteiger partial charge in [0.2, 0.25) is 6.29 Å². The van der Waals surface area contributed by atoms with Gasteiger partial charge in [0.1, 0.15) is 30.2 Å². The lowest BCUT2D eigenvalue weighted by Crippen LogP contribution is -2.60. The Kier molecular flexibility index (Phi) is 5.52. The van der Waals surface area contributed by atoms with E-state index >= 15 is 0 Å². The molecule has 2 aromatic rings. The summed E-state index contributed by atoms with van der Waals surface area (Å²) in [6.45, 7) is -0.511. The molecule has 3 rings (SSSR count). The molecular weight excluding hydrogens is 338 g/mol. The van der Waals surface area contributed by atoms with Gasteiger partial charge in [0, 0.05) is 0 Å². The van der Waals surface area contributed by atoms with Crippen molar-refractivity contribution in [3.63, 3.8) is 0 Å². The third kappa shape index (κ3) is 3.70. The maximum Gasteiger partial charge on any atom is 0.229 e. The van der Waals surface area contributed by atoms with E-state index in [2.05, 4.69) is 6.07 Å². The third-order valence-corrected chi connectivity index (χ3v) is 4.30. The minimum atomic E-state index is -1.48. The summed E-state index contributed by atoms with van der Waals surface area (Å²) in [6.07, 6.45) is -6.59. The van der Waals surface area contributed by atoms with E-state index in [4.69, 9.17) is 14.7 Å². The highest BCUT2D eigenvalue weighted by atomic mass is 16.7. The summed E-state index contributed by atoms with van der Waals surface area (Å²) in [7, 11) is 0. The average molecular weight is 357 g/mol. The van der Waals surface area contributed by atoms with Crippen LogP contribution in [0.1, 0.15) is 5.56 Å². The summed E-state index contributed by atoms with van der Waals surface area (Å²) >= 11 is 0. The van der Waals surface area contributed by atoms with E-state index in [9.17, 15) is 20.4 Å². The second-order valence-corrected chi connectivity index (χ2v) is 6.03. The van der Waals surface area contributed by atoms with Gasteiger partial charge in [0.05, 0.1) is 18.2 Å². The predicted molar refractivity (Wildman–Crippen MR) is 91.0 cm³/mol. The molecule has 1 heterocycles. The smallest absolute Gasteiger partial charge is 0.229 e.